The number of nitrogens with one attached hydrogen (secondary N) is 2. The van der Waals surface area contributed by atoms with Gasteiger partial charge in [-0.25, -0.2) is 13.2 Å². The van der Waals surface area contributed by atoms with Gasteiger partial charge < -0.3 is 10.6 Å². The van der Waals surface area contributed by atoms with E-state index >= 15 is 0 Å². The Labute approximate surface area is 161 Å². The molecule has 2 atom stereocenters. The molecule has 27 heavy (non-hydrogen) atoms. The average molecular weight is 392 g/mol. The number of benzene rings is 1. The standard InChI is InChI=1S/C20H29N3O3S/c1-14-6-9-18(13-19(14)23-10-3-11-27(23,25)26)22-20(24)21-17-5-2-4-16(12-17)15-7-8-15/h6,9,13,15-17H,2-5,7-8,10-12H2,1H3,(H2,21,22,24)/t16-,17+/m0/s1. The lowest BCUT2D eigenvalue weighted by Gasteiger charge is -2.30. The summed E-state index contributed by atoms with van der Waals surface area (Å²) in [6.45, 7) is 2.40. The number of hydrogen-bond donors (Lipinski definition) is 2. The van der Waals surface area contributed by atoms with Crippen LogP contribution in [0.5, 0.6) is 0 Å². The first-order valence-electron chi connectivity index (χ1n) is 10.1. The summed E-state index contributed by atoms with van der Waals surface area (Å²) in [7, 11) is -3.23. The minimum Gasteiger partial charge on any atom is -0.335 e. The molecule has 1 aromatic carbocycles. The molecule has 148 valence electrons. The van der Waals surface area contributed by atoms with Gasteiger partial charge in [-0.05, 0) is 68.6 Å². The zero-order chi connectivity index (χ0) is 19.0. The van der Waals surface area contributed by atoms with Crippen molar-refractivity contribution < 1.29 is 13.2 Å². The summed E-state index contributed by atoms with van der Waals surface area (Å²) in [5, 5.41) is 6.01. The van der Waals surface area contributed by atoms with Gasteiger partial charge in [0.25, 0.3) is 0 Å². The van der Waals surface area contributed by atoms with Crippen molar-refractivity contribution in [1.29, 1.82) is 0 Å². The zero-order valence-corrected chi connectivity index (χ0v) is 16.7. The second kappa shape index (κ2) is 7.34. The molecule has 1 aliphatic heterocycles. The number of carbonyl (C=O) groups is 1. The number of amides is 2. The number of nitrogens with zero attached hydrogens (tertiary/aromatic N) is 1. The molecule has 2 N–H and O–H groups in total. The Morgan fingerprint density at radius 1 is 1.11 bits per heavy atom. The normalized spacial score (nSPS) is 27.4. The number of anilines is 2. The van der Waals surface area contributed by atoms with Gasteiger partial charge in [-0.3, -0.25) is 4.31 Å². The SMILES string of the molecule is Cc1ccc(NC(=O)N[C@@H]2CCC[C@H](C3CC3)C2)cc1N1CCCS1(=O)=O. The molecule has 2 amide bonds. The fraction of sp³-hybridized carbons (Fsp3) is 0.650. The smallest absolute Gasteiger partial charge is 0.319 e. The van der Waals surface area contributed by atoms with E-state index in [0.717, 1.165) is 30.2 Å². The average Bonchev–Trinajstić information content (AvgIpc) is 3.41. The summed E-state index contributed by atoms with van der Waals surface area (Å²) in [6.07, 6.45) is 7.97. The highest BCUT2D eigenvalue weighted by Crippen LogP contribution is 2.43. The lowest BCUT2D eigenvalue weighted by molar-refractivity contribution is 0.230. The quantitative estimate of drug-likeness (QED) is 0.823. The van der Waals surface area contributed by atoms with E-state index in [0.29, 0.717) is 24.3 Å². The highest BCUT2D eigenvalue weighted by atomic mass is 32.2. The molecule has 0 unspecified atom stereocenters. The predicted molar refractivity (Wildman–Crippen MR) is 108 cm³/mol. The zero-order valence-electron chi connectivity index (χ0n) is 15.9. The Morgan fingerprint density at radius 3 is 2.63 bits per heavy atom. The maximum atomic E-state index is 12.5. The lowest BCUT2D eigenvalue weighted by atomic mass is 9.83. The fourth-order valence-corrected chi connectivity index (χ4v) is 6.19. The molecule has 0 aromatic heterocycles. The third-order valence-corrected chi connectivity index (χ3v) is 8.03. The van der Waals surface area contributed by atoms with Gasteiger partial charge in [-0.15, -0.1) is 0 Å². The van der Waals surface area contributed by atoms with Crippen LogP contribution >= 0.6 is 0 Å². The first-order valence-corrected chi connectivity index (χ1v) is 11.7. The van der Waals surface area contributed by atoms with E-state index in [1.165, 1.54) is 30.0 Å². The molecule has 4 rings (SSSR count). The Balaban J connectivity index is 1.40. The Morgan fingerprint density at radius 2 is 1.93 bits per heavy atom. The molecule has 6 nitrogen and oxygen atoms in total. The van der Waals surface area contributed by atoms with E-state index < -0.39 is 10.0 Å². The Bertz CT molecular complexity index is 820. The molecule has 3 fully saturated rings. The van der Waals surface area contributed by atoms with E-state index in [-0.39, 0.29) is 17.8 Å². The van der Waals surface area contributed by atoms with Gasteiger partial charge in [0, 0.05) is 18.3 Å². The number of sulfonamides is 1. The van der Waals surface area contributed by atoms with Crippen LogP contribution in [0.1, 0.15) is 50.5 Å². The minimum absolute atomic E-state index is 0.189. The lowest BCUT2D eigenvalue weighted by Crippen LogP contribution is -2.41. The van der Waals surface area contributed by atoms with Gasteiger partial charge >= 0.3 is 6.03 Å². The summed E-state index contributed by atoms with van der Waals surface area (Å²) in [5.41, 5.74) is 2.19. The van der Waals surface area contributed by atoms with E-state index in [2.05, 4.69) is 10.6 Å². The molecule has 1 heterocycles. The van der Waals surface area contributed by atoms with Crippen LogP contribution in [-0.4, -0.2) is 32.8 Å². The van der Waals surface area contributed by atoms with Crippen molar-refractivity contribution in [3.63, 3.8) is 0 Å². The van der Waals surface area contributed by atoms with Crippen molar-refractivity contribution in [2.24, 2.45) is 11.8 Å². The first-order chi connectivity index (χ1) is 12.9. The van der Waals surface area contributed by atoms with Gasteiger partial charge in [0.1, 0.15) is 0 Å². The van der Waals surface area contributed by atoms with Crippen LogP contribution in [0.25, 0.3) is 0 Å². The topological polar surface area (TPSA) is 78.5 Å². The van der Waals surface area contributed by atoms with Crippen molar-refractivity contribution in [3.05, 3.63) is 23.8 Å². The molecule has 1 aromatic rings. The molecule has 1 saturated heterocycles. The van der Waals surface area contributed by atoms with Crippen LogP contribution in [0.15, 0.2) is 18.2 Å². The maximum Gasteiger partial charge on any atom is 0.319 e. The highest BCUT2D eigenvalue weighted by Gasteiger charge is 2.35. The Hall–Kier alpha value is -1.76. The van der Waals surface area contributed by atoms with Crippen LogP contribution < -0.4 is 14.9 Å². The maximum absolute atomic E-state index is 12.5. The molecule has 2 saturated carbocycles. The van der Waals surface area contributed by atoms with Gasteiger partial charge in [-0.2, -0.15) is 0 Å². The molecule has 7 heteroatoms. The monoisotopic (exact) mass is 391 g/mol. The van der Waals surface area contributed by atoms with Crippen LogP contribution in [0.4, 0.5) is 16.2 Å². The van der Waals surface area contributed by atoms with Crippen LogP contribution in [-0.2, 0) is 10.0 Å². The fourth-order valence-electron chi connectivity index (χ4n) is 4.57. The molecular formula is C20H29N3O3S. The summed E-state index contributed by atoms with van der Waals surface area (Å²) in [5.74, 6) is 1.85. The molecule has 3 aliphatic rings. The molecular weight excluding hydrogens is 362 g/mol. The molecule has 2 aliphatic carbocycles. The van der Waals surface area contributed by atoms with Crippen molar-refractivity contribution >= 4 is 27.4 Å². The van der Waals surface area contributed by atoms with Crippen molar-refractivity contribution in [2.75, 3.05) is 21.9 Å². The van der Waals surface area contributed by atoms with E-state index in [1.807, 2.05) is 19.1 Å². The van der Waals surface area contributed by atoms with Gasteiger partial charge in [0.15, 0.2) is 0 Å². The number of carbonyl (C=O) groups excluding carboxylic acids is 1. The molecule has 0 spiro atoms. The summed E-state index contributed by atoms with van der Waals surface area (Å²) in [4.78, 5) is 12.5. The van der Waals surface area contributed by atoms with E-state index in [4.69, 9.17) is 0 Å². The van der Waals surface area contributed by atoms with Gasteiger partial charge in [0.05, 0.1) is 11.4 Å². The van der Waals surface area contributed by atoms with Gasteiger partial charge in [0.2, 0.25) is 10.0 Å². The van der Waals surface area contributed by atoms with E-state index in [9.17, 15) is 13.2 Å². The van der Waals surface area contributed by atoms with Crippen molar-refractivity contribution in [1.82, 2.24) is 5.32 Å². The second-order valence-corrected chi connectivity index (χ2v) is 10.3. The third-order valence-electron chi connectivity index (χ3n) is 6.17. The second-order valence-electron chi connectivity index (χ2n) is 8.30. The predicted octanol–water partition coefficient (Wildman–Crippen LogP) is 3.63. The molecule has 0 radical (unpaired) electrons. The number of urea groups is 1. The minimum atomic E-state index is -3.23. The number of aryl methyl sites for hydroxylation is 1. The largest absolute Gasteiger partial charge is 0.335 e. The first kappa shape index (κ1) is 18.6. The van der Waals surface area contributed by atoms with Crippen LogP contribution in [0, 0.1) is 18.8 Å². The molecule has 0 bridgehead atoms. The third kappa shape index (κ3) is 4.23. The summed E-state index contributed by atoms with van der Waals surface area (Å²) in [6, 6.07) is 5.51. The summed E-state index contributed by atoms with van der Waals surface area (Å²) >= 11 is 0. The highest BCUT2D eigenvalue weighted by molar-refractivity contribution is 7.93. The van der Waals surface area contributed by atoms with E-state index in [1.54, 1.807) is 6.07 Å². The van der Waals surface area contributed by atoms with Crippen molar-refractivity contribution in [3.8, 4) is 0 Å². The van der Waals surface area contributed by atoms with Crippen molar-refractivity contribution in [2.45, 2.75) is 57.9 Å². The number of hydrogen-bond acceptors (Lipinski definition) is 3. The summed E-state index contributed by atoms with van der Waals surface area (Å²) < 4.78 is 25.9. The number of rotatable bonds is 4. The Kier molecular flexibility index (Phi) is 5.05. The van der Waals surface area contributed by atoms with Crippen LogP contribution in [0.2, 0.25) is 0 Å². The van der Waals surface area contributed by atoms with Gasteiger partial charge in [-0.1, -0.05) is 18.9 Å². The van der Waals surface area contributed by atoms with Crippen LogP contribution in [0.3, 0.4) is 0 Å².